The number of aromatic nitrogens is 2. The maximum atomic E-state index is 12.6. The highest BCUT2D eigenvalue weighted by atomic mass is 35.5. The SMILES string of the molecule is CCCCOc1c(Cl)cc(C(=O)Nc2nnc(SCc3ccccc3Cl)s2)cc1Cl. The lowest BCUT2D eigenvalue weighted by molar-refractivity contribution is 0.102. The molecule has 0 atom stereocenters. The van der Waals surface area contributed by atoms with Crippen LogP contribution in [-0.4, -0.2) is 22.7 Å². The lowest BCUT2D eigenvalue weighted by atomic mass is 10.2. The highest BCUT2D eigenvalue weighted by molar-refractivity contribution is 8.00. The molecule has 2 aromatic carbocycles. The van der Waals surface area contributed by atoms with E-state index in [1.54, 1.807) is 0 Å². The van der Waals surface area contributed by atoms with Crippen molar-refractivity contribution in [1.82, 2.24) is 10.2 Å². The second kappa shape index (κ2) is 11.2. The van der Waals surface area contributed by atoms with E-state index in [1.165, 1.54) is 35.2 Å². The Labute approximate surface area is 198 Å². The Morgan fingerprint density at radius 1 is 1.13 bits per heavy atom. The Morgan fingerprint density at radius 3 is 2.57 bits per heavy atom. The van der Waals surface area contributed by atoms with Gasteiger partial charge in [-0.1, -0.05) is 89.4 Å². The first-order chi connectivity index (χ1) is 14.5. The zero-order valence-electron chi connectivity index (χ0n) is 16.0. The second-order valence-electron chi connectivity index (χ2n) is 6.18. The molecule has 0 saturated heterocycles. The van der Waals surface area contributed by atoms with E-state index in [0.717, 1.165) is 22.7 Å². The van der Waals surface area contributed by atoms with Crippen LogP contribution in [0, 0.1) is 0 Å². The van der Waals surface area contributed by atoms with Crippen LogP contribution in [0.4, 0.5) is 5.13 Å². The summed E-state index contributed by atoms with van der Waals surface area (Å²) in [6.07, 6.45) is 1.89. The topological polar surface area (TPSA) is 64.1 Å². The molecule has 0 aliphatic carbocycles. The molecule has 1 amide bonds. The third kappa shape index (κ3) is 6.25. The summed E-state index contributed by atoms with van der Waals surface area (Å²) in [6, 6.07) is 10.7. The highest BCUT2D eigenvalue weighted by Crippen LogP contribution is 2.35. The van der Waals surface area contributed by atoms with E-state index in [1.807, 2.05) is 24.3 Å². The number of thioether (sulfide) groups is 1. The van der Waals surface area contributed by atoms with E-state index in [2.05, 4.69) is 22.4 Å². The van der Waals surface area contributed by atoms with E-state index in [9.17, 15) is 4.79 Å². The Kier molecular flexibility index (Phi) is 8.65. The number of carbonyl (C=O) groups excluding carboxylic acids is 1. The quantitative estimate of drug-likeness (QED) is 0.190. The number of ether oxygens (including phenoxy) is 1. The Balaban J connectivity index is 1.61. The molecular formula is C20H18Cl3N3O2S2. The van der Waals surface area contributed by atoms with Crippen molar-refractivity contribution in [3.8, 4) is 5.75 Å². The van der Waals surface area contributed by atoms with Crippen LogP contribution in [0.1, 0.15) is 35.7 Å². The van der Waals surface area contributed by atoms with Gasteiger partial charge in [0.1, 0.15) is 0 Å². The van der Waals surface area contributed by atoms with Gasteiger partial charge >= 0.3 is 0 Å². The van der Waals surface area contributed by atoms with Gasteiger partial charge in [-0.3, -0.25) is 10.1 Å². The van der Waals surface area contributed by atoms with Crippen molar-refractivity contribution in [1.29, 1.82) is 0 Å². The summed E-state index contributed by atoms with van der Waals surface area (Å²) in [4.78, 5) is 12.6. The Hall–Kier alpha value is -1.51. The summed E-state index contributed by atoms with van der Waals surface area (Å²) in [7, 11) is 0. The van der Waals surface area contributed by atoms with Crippen LogP contribution in [0.2, 0.25) is 15.1 Å². The van der Waals surface area contributed by atoms with Crippen molar-refractivity contribution in [2.75, 3.05) is 11.9 Å². The van der Waals surface area contributed by atoms with Gasteiger partial charge in [-0.2, -0.15) is 0 Å². The van der Waals surface area contributed by atoms with Crippen molar-refractivity contribution in [2.45, 2.75) is 29.9 Å². The molecule has 0 unspecified atom stereocenters. The van der Waals surface area contributed by atoms with Crippen molar-refractivity contribution < 1.29 is 9.53 Å². The number of amides is 1. The lowest BCUT2D eigenvalue weighted by Crippen LogP contribution is -2.12. The number of unbranched alkanes of at least 4 members (excludes halogenated alkanes) is 1. The highest BCUT2D eigenvalue weighted by Gasteiger charge is 2.16. The molecule has 1 aromatic heterocycles. The van der Waals surface area contributed by atoms with E-state index in [4.69, 9.17) is 39.5 Å². The molecule has 0 spiro atoms. The third-order valence-electron chi connectivity index (χ3n) is 3.94. The maximum Gasteiger partial charge on any atom is 0.257 e. The number of rotatable bonds is 9. The van der Waals surface area contributed by atoms with Crippen LogP contribution in [-0.2, 0) is 5.75 Å². The zero-order valence-corrected chi connectivity index (χ0v) is 19.9. The first kappa shape index (κ1) is 23.2. The molecule has 0 radical (unpaired) electrons. The average Bonchev–Trinajstić information content (AvgIpc) is 3.16. The van der Waals surface area contributed by atoms with Gasteiger partial charge in [0.15, 0.2) is 10.1 Å². The number of hydrogen-bond acceptors (Lipinski definition) is 6. The van der Waals surface area contributed by atoms with Gasteiger partial charge in [0.25, 0.3) is 5.91 Å². The number of benzene rings is 2. The van der Waals surface area contributed by atoms with Crippen molar-refractivity contribution in [3.05, 3.63) is 62.6 Å². The second-order valence-corrected chi connectivity index (χ2v) is 9.60. The minimum atomic E-state index is -0.377. The van der Waals surface area contributed by atoms with Crippen LogP contribution < -0.4 is 10.1 Å². The minimum absolute atomic E-state index is 0.289. The number of carbonyl (C=O) groups is 1. The third-order valence-corrected chi connectivity index (χ3v) is 6.89. The first-order valence-electron chi connectivity index (χ1n) is 9.10. The smallest absolute Gasteiger partial charge is 0.257 e. The predicted octanol–water partition coefficient (Wildman–Crippen LogP) is 7.22. The fourth-order valence-electron chi connectivity index (χ4n) is 2.39. The van der Waals surface area contributed by atoms with Crippen LogP contribution in [0.15, 0.2) is 40.7 Å². The summed E-state index contributed by atoms with van der Waals surface area (Å²) in [5.74, 6) is 0.669. The van der Waals surface area contributed by atoms with E-state index in [0.29, 0.717) is 33.8 Å². The van der Waals surface area contributed by atoms with Crippen molar-refractivity contribution in [3.63, 3.8) is 0 Å². The predicted molar refractivity (Wildman–Crippen MR) is 126 cm³/mol. The Bertz CT molecular complexity index is 1010. The number of anilines is 1. The molecule has 0 bridgehead atoms. The summed E-state index contributed by atoms with van der Waals surface area (Å²) >= 11 is 21.4. The zero-order chi connectivity index (χ0) is 21.5. The van der Waals surface area contributed by atoms with E-state index in [-0.39, 0.29) is 16.0 Å². The first-order valence-corrected chi connectivity index (χ1v) is 12.0. The maximum absolute atomic E-state index is 12.6. The molecule has 0 aliphatic heterocycles. The van der Waals surface area contributed by atoms with Gasteiger partial charge in [0.2, 0.25) is 5.13 Å². The normalized spacial score (nSPS) is 10.8. The fraction of sp³-hybridized carbons (Fsp3) is 0.250. The fourth-order valence-corrected chi connectivity index (χ4v) is 5.02. The number of hydrogen-bond donors (Lipinski definition) is 1. The van der Waals surface area contributed by atoms with Gasteiger partial charge in [0, 0.05) is 16.3 Å². The van der Waals surface area contributed by atoms with Crippen LogP contribution >= 0.6 is 57.9 Å². The molecule has 0 aliphatic rings. The van der Waals surface area contributed by atoms with Crippen molar-refractivity contribution in [2.24, 2.45) is 0 Å². The molecule has 0 saturated carbocycles. The summed E-state index contributed by atoms with van der Waals surface area (Å²) in [5, 5.41) is 12.5. The molecule has 5 nitrogen and oxygen atoms in total. The summed E-state index contributed by atoms with van der Waals surface area (Å²) in [6.45, 7) is 2.58. The average molecular weight is 503 g/mol. The van der Waals surface area contributed by atoms with Gasteiger partial charge < -0.3 is 4.74 Å². The van der Waals surface area contributed by atoms with Crippen LogP contribution in [0.3, 0.4) is 0 Å². The van der Waals surface area contributed by atoms with Gasteiger partial charge in [-0.05, 0) is 30.2 Å². The lowest BCUT2D eigenvalue weighted by Gasteiger charge is -2.11. The number of nitrogens with one attached hydrogen (secondary N) is 1. The molecule has 1 N–H and O–H groups in total. The molecule has 30 heavy (non-hydrogen) atoms. The molecular weight excluding hydrogens is 485 g/mol. The summed E-state index contributed by atoms with van der Waals surface area (Å²) < 4.78 is 6.33. The Morgan fingerprint density at radius 2 is 1.87 bits per heavy atom. The van der Waals surface area contributed by atoms with E-state index < -0.39 is 0 Å². The molecule has 0 fully saturated rings. The molecule has 10 heteroatoms. The van der Waals surface area contributed by atoms with Gasteiger partial charge in [-0.15, -0.1) is 10.2 Å². The molecule has 3 rings (SSSR count). The van der Waals surface area contributed by atoms with Gasteiger partial charge in [0.05, 0.1) is 16.7 Å². The summed E-state index contributed by atoms with van der Waals surface area (Å²) in [5.41, 5.74) is 1.32. The molecule has 158 valence electrons. The number of halogens is 3. The monoisotopic (exact) mass is 501 g/mol. The van der Waals surface area contributed by atoms with E-state index >= 15 is 0 Å². The standard InChI is InChI=1S/C20H18Cl3N3O2S2/c1-2-3-8-28-17-15(22)9-13(10-16(17)23)18(27)24-19-25-26-20(30-19)29-11-12-6-4-5-7-14(12)21/h4-7,9-10H,2-3,8,11H2,1H3,(H,24,25,27). The molecule has 1 heterocycles. The van der Waals surface area contributed by atoms with Crippen LogP contribution in [0.25, 0.3) is 0 Å². The minimum Gasteiger partial charge on any atom is -0.490 e. The largest absolute Gasteiger partial charge is 0.490 e. The van der Waals surface area contributed by atoms with Crippen molar-refractivity contribution >= 4 is 68.9 Å². The molecule has 3 aromatic rings. The number of nitrogens with zero attached hydrogens (tertiary/aromatic N) is 2. The van der Waals surface area contributed by atoms with Gasteiger partial charge in [-0.25, -0.2) is 0 Å². The van der Waals surface area contributed by atoms with Crippen LogP contribution in [0.5, 0.6) is 5.75 Å².